The highest BCUT2D eigenvalue weighted by Gasteiger charge is 2.46. The SMILES string of the molecule is CCC1(O)CN(S(=O)(=O)c2c(C)cc(C)c(N)c2C)C1. The number of benzene rings is 1. The van der Waals surface area contributed by atoms with Gasteiger partial charge in [0, 0.05) is 18.8 Å². The molecule has 0 aliphatic carbocycles. The van der Waals surface area contributed by atoms with Crippen molar-refractivity contribution in [3.63, 3.8) is 0 Å². The maximum atomic E-state index is 12.7. The zero-order valence-corrected chi connectivity index (χ0v) is 13.2. The lowest BCUT2D eigenvalue weighted by molar-refractivity contribution is -0.0613. The third-order valence-electron chi connectivity index (χ3n) is 4.16. The molecule has 0 aromatic heterocycles. The Labute approximate surface area is 120 Å². The molecule has 20 heavy (non-hydrogen) atoms. The molecular weight excluding hydrogens is 276 g/mol. The predicted molar refractivity (Wildman–Crippen MR) is 79.1 cm³/mol. The van der Waals surface area contributed by atoms with Crippen LogP contribution in [0, 0.1) is 20.8 Å². The van der Waals surface area contributed by atoms with Gasteiger partial charge in [-0.15, -0.1) is 0 Å². The molecule has 1 aliphatic heterocycles. The van der Waals surface area contributed by atoms with Gasteiger partial charge in [0.15, 0.2) is 0 Å². The van der Waals surface area contributed by atoms with E-state index in [1.807, 2.05) is 13.8 Å². The van der Waals surface area contributed by atoms with Gasteiger partial charge in [-0.1, -0.05) is 13.0 Å². The first kappa shape index (κ1) is 15.3. The molecule has 1 fully saturated rings. The van der Waals surface area contributed by atoms with E-state index in [1.54, 1.807) is 19.9 Å². The lowest BCUT2D eigenvalue weighted by atomic mass is 9.94. The fourth-order valence-corrected chi connectivity index (χ4v) is 4.75. The number of sulfonamides is 1. The molecule has 0 atom stereocenters. The van der Waals surface area contributed by atoms with E-state index in [2.05, 4.69) is 0 Å². The van der Waals surface area contributed by atoms with E-state index in [4.69, 9.17) is 5.73 Å². The summed E-state index contributed by atoms with van der Waals surface area (Å²) in [7, 11) is -3.59. The Balaban J connectivity index is 2.45. The van der Waals surface area contributed by atoms with E-state index in [0.29, 0.717) is 23.2 Å². The van der Waals surface area contributed by atoms with Gasteiger partial charge < -0.3 is 10.8 Å². The van der Waals surface area contributed by atoms with Gasteiger partial charge in [0.05, 0.1) is 10.5 Å². The second kappa shape index (κ2) is 4.72. The first-order valence-corrected chi connectivity index (χ1v) is 8.15. The number of nitrogens with two attached hydrogens (primary N) is 1. The van der Waals surface area contributed by atoms with Crippen LogP contribution in [0.3, 0.4) is 0 Å². The zero-order valence-electron chi connectivity index (χ0n) is 12.4. The maximum absolute atomic E-state index is 12.7. The molecule has 2 rings (SSSR count). The van der Waals surface area contributed by atoms with Crippen LogP contribution >= 0.6 is 0 Å². The van der Waals surface area contributed by atoms with E-state index in [9.17, 15) is 13.5 Å². The quantitative estimate of drug-likeness (QED) is 0.825. The summed E-state index contributed by atoms with van der Waals surface area (Å²) in [5.74, 6) is 0. The van der Waals surface area contributed by atoms with Crippen molar-refractivity contribution in [1.82, 2.24) is 4.31 Å². The van der Waals surface area contributed by atoms with Crippen LogP contribution in [0.15, 0.2) is 11.0 Å². The Morgan fingerprint density at radius 2 is 1.85 bits per heavy atom. The van der Waals surface area contributed by atoms with Crippen molar-refractivity contribution in [3.8, 4) is 0 Å². The van der Waals surface area contributed by atoms with Gasteiger partial charge in [-0.2, -0.15) is 4.31 Å². The van der Waals surface area contributed by atoms with Crippen LogP contribution in [0.4, 0.5) is 5.69 Å². The van der Waals surface area contributed by atoms with Crippen molar-refractivity contribution in [1.29, 1.82) is 0 Å². The van der Waals surface area contributed by atoms with Crippen LogP contribution in [0.5, 0.6) is 0 Å². The number of aryl methyl sites for hydroxylation is 2. The van der Waals surface area contributed by atoms with Crippen molar-refractivity contribution in [2.24, 2.45) is 0 Å². The molecule has 0 amide bonds. The van der Waals surface area contributed by atoms with Crippen molar-refractivity contribution in [3.05, 3.63) is 22.8 Å². The predicted octanol–water partition coefficient (Wildman–Crippen LogP) is 1.34. The molecule has 1 aromatic carbocycles. The molecule has 1 aliphatic rings. The smallest absolute Gasteiger partial charge is 0.243 e. The number of nitrogens with zero attached hydrogens (tertiary/aromatic N) is 1. The van der Waals surface area contributed by atoms with Gasteiger partial charge >= 0.3 is 0 Å². The molecule has 5 nitrogen and oxygen atoms in total. The first-order valence-electron chi connectivity index (χ1n) is 6.71. The normalized spacial score (nSPS) is 18.9. The van der Waals surface area contributed by atoms with Crippen LogP contribution in [-0.2, 0) is 10.0 Å². The molecule has 112 valence electrons. The molecule has 0 saturated carbocycles. The van der Waals surface area contributed by atoms with E-state index in [1.165, 1.54) is 4.31 Å². The highest BCUT2D eigenvalue weighted by Crippen LogP contribution is 2.35. The Bertz CT molecular complexity index is 647. The third-order valence-corrected chi connectivity index (χ3v) is 6.24. The van der Waals surface area contributed by atoms with E-state index in [0.717, 1.165) is 5.56 Å². The summed E-state index contributed by atoms with van der Waals surface area (Å²) in [6.45, 7) is 7.53. The molecule has 0 spiro atoms. The largest absolute Gasteiger partial charge is 0.398 e. The third kappa shape index (κ3) is 2.21. The molecule has 1 aromatic rings. The van der Waals surface area contributed by atoms with Gasteiger partial charge in [-0.05, 0) is 43.9 Å². The van der Waals surface area contributed by atoms with Crippen LogP contribution in [0.2, 0.25) is 0 Å². The monoisotopic (exact) mass is 298 g/mol. The van der Waals surface area contributed by atoms with E-state index in [-0.39, 0.29) is 18.0 Å². The number of hydrogen-bond donors (Lipinski definition) is 2. The molecule has 1 saturated heterocycles. The van der Waals surface area contributed by atoms with Crippen LogP contribution < -0.4 is 5.73 Å². The summed E-state index contributed by atoms with van der Waals surface area (Å²) >= 11 is 0. The zero-order chi connectivity index (χ0) is 15.3. The Hall–Kier alpha value is -1.11. The minimum atomic E-state index is -3.59. The van der Waals surface area contributed by atoms with Gasteiger partial charge in [0.25, 0.3) is 0 Å². The Morgan fingerprint density at radius 3 is 2.35 bits per heavy atom. The van der Waals surface area contributed by atoms with Gasteiger partial charge in [0.1, 0.15) is 0 Å². The fraction of sp³-hybridized carbons (Fsp3) is 0.571. The number of β-amino-alcohol motifs (C(OH)–C–C–N with tert-alkyl or cyclic N) is 1. The lowest BCUT2D eigenvalue weighted by Crippen LogP contribution is -2.63. The summed E-state index contributed by atoms with van der Waals surface area (Å²) in [4.78, 5) is 0.277. The Morgan fingerprint density at radius 1 is 1.30 bits per heavy atom. The van der Waals surface area contributed by atoms with Crippen molar-refractivity contribution >= 4 is 15.7 Å². The minimum absolute atomic E-state index is 0.151. The second-order valence-electron chi connectivity index (χ2n) is 5.73. The highest BCUT2D eigenvalue weighted by molar-refractivity contribution is 7.89. The number of hydrogen-bond acceptors (Lipinski definition) is 4. The fourth-order valence-electron chi connectivity index (χ4n) is 2.71. The van der Waals surface area contributed by atoms with Crippen LogP contribution in [0.25, 0.3) is 0 Å². The molecule has 1 heterocycles. The molecular formula is C14H22N2O3S. The van der Waals surface area contributed by atoms with Gasteiger partial charge in [0.2, 0.25) is 10.0 Å². The van der Waals surface area contributed by atoms with Gasteiger partial charge in [-0.25, -0.2) is 8.42 Å². The van der Waals surface area contributed by atoms with Crippen LogP contribution in [0.1, 0.15) is 30.0 Å². The Kier molecular flexibility index (Phi) is 3.60. The summed E-state index contributed by atoms with van der Waals surface area (Å²) in [5, 5.41) is 10.0. The number of aliphatic hydroxyl groups is 1. The maximum Gasteiger partial charge on any atom is 0.243 e. The number of nitrogen functional groups attached to an aromatic ring is 1. The van der Waals surface area contributed by atoms with Crippen molar-refractivity contribution in [2.45, 2.75) is 44.6 Å². The molecule has 0 radical (unpaired) electrons. The summed E-state index contributed by atoms with van der Waals surface area (Å²) in [6.07, 6.45) is 0.549. The summed E-state index contributed by atoms with van der Waals surface area (Å²) in [6, 6.07) is 1.79. The van der Waals surface area contributed by atoms with E-state index < -0.39 is 15.6 Å². The second-order valence-corrected chi connectivity index (χ2v) is 7.60. The summed E-state index contributed by atoms with van der Waals surface area (Å²) in [5.41, 5.74) is 7.76. The average Bonchev–Trinajstić information content (AvgIpc) is 2.31. The minimum Gasteiger partial charge on any atom is -0.398 e. The standard InChI is InChI=1S/C14H22N2O3S/c1-5-14(17)7-16(8-14)20(18,19)13-10(3)6-9(2)12(15)11(13)4/h6,17H,5,7-8,15H2,1-4H3. The number of anilines is 1. The van der Waals surface area contributed by atoms with Gasteiger partial charge in [-0.3, -0.25) is 0 Å². The average molecular weight is 298 g/mol. The molecule has 0 unspecified atom stereocenters. The van der Waals surface area contributed by atoms with E-state index >= 15 is 0 Å². The van der Waals surface area contributed by atoms with Crippen molar-refractivity contribution in [2.75, 3.05) is 18.8 Å². The number of rotatable bonds is 3. The first-order chi connectivity index (χ1) is 9.12. The molecule has 3 N–H and O–H groups in total. The van der Waals surface area contributed by atoms with Crippen molar-refractivity contribution < 1.29 is 13.5 Å². The summed E-state index contributed by atoms with van der Waals surface area (Å²) < 4.78 is 26.7. The topological polar surface area (TPSA) is 83.6 Å². The highest BCUT2D eigenvalue weighted by atomic mass is 32.2. The lowest BCUT2D eigenvalue weighted by Gasteiger charge is -2.45. The van der Waals surface area contributed by atoms with Crippen LogP contribution in [-0.4, -0.2) is 36.5 Å². The molecule has 6 heteroatoms. The molecule has 0 bridgehead atoms.